The van der Waals surface area contributed by atoms with Crippen molar-refractivity contribution in [2.75, 3.05) is 11.4 Å². The van der Waals surface area contributed by atoms with Crippen LogP contribution in [0.25, 0.3) is 0 Å². The number of nitrogens with zero attached hydrogens (tertiary/aromatic N) is 2. The Morgan fingerprint density at radius 2 is 1.80 bits per heavy atom. The third kappa shape index (κ3) is 3.62. The van der Waals surface area contributed by atoms with Crippen molar-refractivity contribution in [3.8, 4) is 6.07 Å². The summed E-state index contributed by atoms with van der Waals surface area (Å²) in [6.45, 7) is 0.681. The third-order valence-electron chi connectivity index (χ3n) is 3.01. The van der Waals surface area contributed by atoms with Gasteiger partial charge in [0.1, 0.15) is 0 Å². The molecule has 0 saturated heterocycles. The molecule has 0 radical (unpaired) electrons. The fraction of sp³-hybridized carbons (Fsp3) is 0.188. The molecule has 20 heavy (non-hydrogen) atoms. The first-order valence-corrected chi connectivity index (χ1v) is 8.21. The van der Waals surface area contributed by atoms with Crippen LogP contribution < -0.4 is 4.90 Å². The fourth-order valence-corrected chi connectivity index (χ4v) is 3.36. The molecule has 0 bridgehead atoms. The molecule has 2 rings (SSSR count). The zero-order valence-electron chi connectivity index (χ0n) is 10.9. The van der Waals surface area contributed by atoms with Gasteiger partial charge in [-0.3, -0.25) is 0 Å². The molecule has 0 aliphatic carbocycles. The lowest BCUT2D eigenvalue weighted by atomic mass is 10.2. The van der Waals surface area contributed by atoms with Gasteiger partial charge in [0.05, 0.1) is 12.5 Å². The number of rotatable bonds is 5. The van der Waals surface area contributed by atoms with Gasteiger partial charge in [-0.2, -0.15) is 5.26 Å². The fourth-order valence-electron chi connectivity index (χ4n) is 1.99. The van der Waals surface area contributed by atoms with Crippen LogP contribution in [0.15, 0.2) is 53.0 Å². The average molecular weight is 394 g/mol. The van der Waals surface area contributed by atoms with E-state index in [1.54, 1.807) is 0 Å². The van der Waals surface area contributed by atoms with Crippen molar-refractivity contribution in [1.82, 2.24) is 0 Å². The zero-order chi connectivity index (χ0) is 14.4. The number of halogens is 2. The number of nitriles is 1. The molecular weight excluding hydrogens is 380 g/mol. The molecule has 0 aromatic heterocycles. The van der Waals surface area contributed by atoms with Crippen LogP contribution in [0.3, 0.4) is 0 Å². The molecule has 4 heteroatoms. The minimum atomic E-state index is 0.493. The summed E-state index contributed by atoms with van der Waals surface area (Å²) in [4.78, 5) is 2.16. The van der Waals surface area contributed by atoms with E-state index in [1.165, 1.54) is 5.56 Å². The van der Waals surface area contributed by atoms with Crippen LogP contribution in [-0.4, -0.2) is 6.54 Å². The Bertz CT molecular complexity index is 606. The molecule has 0 N–H and O–H groups in total. The van der Waals surface area contributed by atoms with Crippen LogP contribution in [-0.2, 0) is 5.33 Å². The van der Waals surface area contributed by atoms with E-state index < -0.39 is 0 Å². The van der Waals surface area contributed by atoms with Gasteiger partial charge in [0, 0.05) is 27.7 Å². The van der Waals surface area contributed by atoms with Crippen molar-refractivity contribution in [3.63, 3.8) is 0 Å². The third-order valence-corrected chi connectivity index (χ3v) is 4.35. The largest absolute Gasteiger partial charge is 0.340 e. The maximum Gasteiger partial charge on any atom is 0.0640 e. The molecule has 0 atom stereocenters. The van der Waals surface area contributed by atoms with Gasteiger partial charge in [0.2, 0.25) is 0 Å². The molecule has 2 aromatic carbocycles. The van der Waals surface area contributed by atoms with Gasteiger partial charge in [-0.15, -0.1) is 0 Å². The van der Waals surface area contributed by atoms with Gasteiger partial charge in [0.15, 0.2) is 0 Å². The van der Waals surface area contributed by atoms with Crippen molar-refractivity contribution in [3.05, 3.63) is 58.6 Å². The summed E-state index contributed by atoms with van der Waals surface area (Å²) in [6, 6.07) is 18.6. The predicted octanol–water partition coefficient (Wildman–Crippen LogP) is 5.40. The van der Waals surface area contributed by atoms with Crippen molar-refractivity contribution in [1.29, 1.82) is 5.26 Å². The van der Waals surface area contributed by atoms with Crippen molar-refractivity contribution < 1.29 is 0 Å². The van der Waals surface area contributed by atoms with E-state index in [0.717, 1.165) is 21.2 Å². The number of hydrogen-bond donors (Lipinski definition) is 0. The Kier molecular flexibility index (Phi) is 5.63. The van der Waals surface area contributed by atoms with E-state index in [1.807, 2.05) is 18.2 Å². The topological polar surface area (TPSA) is 27.0 Å². The first kappa shape index (κ1) is 15.1. The van der Waals surface area contributed by atoms with Gasteiger partial charge in [-0.05, 0) is 29.8 Å². The second-order valence-corrected chi connectivity index (χ2v) is 5.72. The highest BCUT2D eigenvalue weighted by Crippen LogP contribution is 2.30. The predicted molar refractivity (Wildman–Crippen MR) is 90.5 cm³/mol. The number of benzene rings is 2. The summed E-state index contributed by atoms with van der Waals surface area (Å²) >= 11 is 7.06. The lowest BCUT2D eigenvalue weighted by Gasteiger charge is -2.24. The van der Waals surface area contributed by atoms with Gasteiger partial charge in [-0.1, -0.05) is 56.1 Å². The number of hydrogen-bond acceptors (Lipinski definition) is 2. The Morgan fingerprint density at radius 1 is 1.05 bits per heavy atom. The number of para-hydroxylation sites is 1. The number of anilines is 2. The van der Waals surface area contributed by atoms with E-state index in [-0.39, 0.29) is 0 Å². The molecule has 2 aromatic rings. The molecule has 0 heterocycles. The lowest BCUT2D eigenvalue weighted by molar-refractivity contribution is 0.947. The summed E-state index contributed by atoms with van der Waals surface area (Å²) in [5.41, 5.74) is 3.39. The minimum Gasteiger partial charge on any atom is -0.340 e. The zero-order valence-corrected chi connectivity index (χ0v) is 14.1. The summed E-state index contributed by atoms with van der Waals surface area (Å²) < 4.78 is 1.07. The molecule has 0 unspecified atom stereocenters. The second-order valence-electron chi connectivity index (χ2n) is 4.30. The molecule has 0 saturated carbocycles. The van der Waals surface area contributed by atoms with E-state index in [9.17, 15) is 0 Å². The maximum absolute atomic E-state index is 8.85. The van der Waals surface area contributed by atoms with Crippen LogP contribution in [0, 0.1) is 11.3 Å². The highest BCUT2D eigenvalue weighted by Gasteiger charge is 2.10. The molecule has 0 spiro atoms. The van der Waals surface area contributed by atoms with Gasteiger partial charge in [0.25, 0.3) is 0 Å². The smallest absolute Gasteiger partial charge is 0.0640 e. The summed E-state index contributed by atoms with van der Waals surface area (Å²) in [5, 5.41) is 9.67. The van der Waals surface area contributed by atoms with Crippen LogP contribution in [0.2, 0.25) is 0 Å². The summed E-state index contributed by atoms with van der Waals surface area (Å²) in [6.07, 6.45) is 0.493. The molecule has 0 fully saturated rings. The molecule has 0 amide bonds. The van der Waals surface area contributed by atoms with Crippen LogP contribution >= 0.6 is 31.9 Å². The Balaban J connectivity index is 2.36. The first-order chi connectivity index (χ1) is 9.76. The highest BCUT2D eigenvalue weighted by molar-refractivity contribution is 9.10. The van der Waals surface area contributed by atoms with Gasteiger partial charge >= 0.3 is 0 Å². The Hall–Kier alpha value is -1.31. The second kappa shape index (κ2) is 7.47. The van der Waals surface area contributed by atoms with E-state index in [2.05, 4.69) is 73.2 Å². The van der Waals surface area contributed by atoms with Crippen LogP contribution in [0.4, 0.5) is 11.4 Å². The van der Waals surface area contributed by atoms with Crippen molar-refractivity contribution in [2.24, 2.45) is 0 Å². The molecule has 2 nitrogen and oxygen atoms in total. The first-order valence-electron chi connectivity index (χ1n) is 6.30. The summed E-state index contributed by atoms with van der Waals surface area (Å²) in [5.74, 6) is 0. The molecular formula is C16H14Br2N2. The quantitative estimate of drug-likeness (QED) is 0.636. The lowest BCUT2D eigenvalue weighted by Crippen LogP contribution is -2.18. The standard InChI is InChI=1S/C16H14Br2N2/c17-12-13-7-8-15(11-16(13)18)20(10-4-9-19)14-5-2-1-3-6-14/h1-3,5-8,11H,4,10,12H2. The normalized spacial score (nSPS) is 10.1. The van der Waals surface area contributed by atoms with Crippen molar-refractivity contribution >= 4 is 43.2 Å². The SMILES string of the molecule is N#CCCN(c1ccccc1)c1ccc(CBr)c(Br)c1. The number of alkyl halides is 1. The summed E-state index contributed by atoms with van der Waals surface area (Å²) in [7, 11) is 0. The van der Waals surface area contributed by atoms with E-state index in [4.69, 9.17) is 5.26 Å². The minimum absolute atomic E-state index is 0.493. The molecule has 102 valence electrons. The van der Waals surface area contributed by atoms with Gasteiger partial charge in [-0.25, -0.2) is 0 Å². The van der Waals surface area contributed by atoms with E-state index >= 15 is 0 Å². The molecule has 0 aliphatic rings. The van der Waals surface area contributed by atoms with Crippen LogP contribution in [0.5, 0.6) is 0 Å². The highest BCUT2D eigenvalue weighted by atomic mass is 79.9. The van der Waals surface area contributed by atoms with Crippen molar-refractivity contribution in [2.45, 2.75) is 11.8 Å². The Morgan fingerprint density at radius 3 is 2.40 bits per heavy atom. The maximum atomic E-state index is 8.85. The average Bonchev–Trinajstić information content (AvgIpc) is 2.49. The van der Waals surface area contributed by atoms with E-state index in [0.29, 0.717) is 13.0 Å². The van der Waals surface area contributed by atoms with Crippen LogP contribution in [0.1, 0.15) is 12.0 Å². The Labute approximate surface area is 136 Å². The molecule has 0 aliphatic heterocycles. The monoisotopic (exact) mass is 392 g/mol. The van der Waals surface area contributed by atoms with Gasteiger partial charge < -0.3 is 4.90 Å².